The van der Waals surface area contributed by atoms with Gasteiger partial charge in [-0.25, -0.2) is 9.97 Å². The van der Waals surface area contributed by atoms with Crippen LogP contribution in [0, 0.1) is 5.92 Å². The molecule has 2 saturated heterocycles. The zero-order chi connectivity index (χ0) is 20.8. The second-order valence-corrected chi connectivity index (χ2v) is 8.47. The number of carbonyl (C=O) groups excluding carboxylic acids is 1. The summed E-state index contributed by atoms with van der Waals surface area (Å²) in [4.78, 5) is 28.5. The lowest BCUT2D eigenvalue weighted by Crippen LogP contribution is -2.49. The number of imidazole rings is 1. The van der Waals surface area contributed by atoms with Crippen molar-refractivity contribution in [3.05, 3.63) is 42.6 Å². The van der Waals surface area contributed by atoms with Crippen molar-refractivity contribution in [3.63, 3.8) is 0 Å². The van der Waals surface area contributed by atoms with Gasteiger partial charge in [0.05, 0.1) is 6.54 Å². The minimum atomic E-state index is 0.314. The average molecular weight is 411 g/mol. The molecule has 0 N–H and O–H groups in total. The summed E-state index contributed by atoms with van der Waals surface area (Å²) in [6.45, 7) is 9.58. The quantitative estimate of drug-likeness (QED) is 0.702. The fourth-order valence-corrected chi connectivity index (χ4v) is 4.72. The summed E-state index contributed by atoms with van der Waals surface area (Å²) in [6.07, 6.45) is 9.91. The minimum absolute atomic E-state index is 0.314. The molecule has 0 aliphatic carbocycles. The predicted molar refractivity (Wildman–Crippen MR) is 118 cm³/mol. The van der Waals surface area contributed by atoms with Crippen LogP contribution in [0.2, 0.25) is 0 Å². The van der Waals surface area contributed by atoms with Crippen LogP contribution in [0.15, 0.2) is 36.8 Å². The number of anilines is 1. The standard InChI is InChI=1S/C23H34N6O/c1-2-27-13-11-25-22(27)19-26-12-5-6-20(18-26)8-9-23(30)29-16-14-28(15-17-29)21-7-3-4-10-24-21/h3-4,7,10-11,13,20H,2,5-6,8-9,12,14-19H2,1H3. The van der Waals surface area contributed by atoms with E-state index >= 15 is 0 Å². The van der Waals surface area contributed by atoms with E-state index in [4.69, 9.17) is 0 Å². The van der Waals surface area contributed by atoms with Crippen molar-refractivity contribution in [2.75, 3.05) is 44.2 Å². The van der Waals surface area contributed by atoms with Gasteiger partial charge in [0.15, 0.2) is 0 Å². The van der Waals surface area contributed by atoms with Gasteiger partial charge in [-0.05, 0) is 50.8 Å². The number of piperazine rings is 1. The number of likely N-dealkylation sites (tertiary alicyclic amines) is 1. The van der Waals surface area contributed by atoms with Gasteiger partial charge in [-0.3, -0.25) is 9.69 Å². The number of aromatic nitrogens is 3. The van der Waals surface area contributed by atoms with Crippen molar-refractivity contribution in [2.45, 2.75) is 45.7 Å². The Morgan fingerprint density at radius 1 is 1.10 bits per heavy atom. The van der Waals surface area contributed by atoms with Gasteiger partial charge in [0.1, 0.15) is 11.6 Å². The molecule has 0 saturated carbocycles. The molecule has 2 aliphatic heterocycles. The van der Waals surface area contributed by atoms with Crippen molar-refractivity contribution in [2.24, 2.45) is 5.92 Å². The minimum Gasteiger partial charge on any atom is -0.353 e. The molecule has 1 amide bonds. The van der Waals surface area contributed by atoms with E-state index in [1.54, 1.807) is 0 Å². The van der Waals surface area contributed by atoms with Crippen LogP contribution in [0.4, 0.5) is 5.82 Å². The van der Waals surface area contributed by atoms with E-state index < -0.39 is 0 Å². The maximum atomic E-state index is 12.8. The maximum Gasteiger partial charge on any atom is 0.222 e. The molecule has 2 fully saturated rings. The molecule has 1 unspecified atom stereocenters. The normalized spacial score (nSPS) is 20.5. The molecule has 2 aliphatic rings. The predicted octanol–water partition coefficient (Wildman–Crippen LogP) is 2.64. The van der Waals surface area contributed by atoms with Crippen molar-refractivity contribution in [1.29, 1.82) is 0 Å². The van der Waals surface area contributed by atoms with Crippen LogP contribution in [-0.4, -0.2) is 69.5 Å². The number of pyridine rings is 1. The highest BCUT2D eigenvalue weighted by atomic mass is 16.2. The van der Waals surface area contributed by atoms with E-state index in [1.165, 1.54) is 12.8 Å². The Labute approximate surface area is 179 Å². The summed E-state index contributed by atoms with van der Waals surface area (Å²) in [5.41, 5.74) is 0. The zero-order valence-electron chi connectivity index (χ0n) is 18.1. The van der Waals surface area contributed by atoms with E-state index in [0.717, 1.165) is 70.4 Å². The van der Waals surface area contributed by atoms with Gasteiger partial charge in [0.2, 0.25) is 5.91 Å². The molecular formula is C23H34N6O. The van der Waals surface area contributed by atoms with Gasteiger partial charge >= 0.3 is 0 Å². The monoisotopic (exact) mass is 410 g/mol. The topological polar surface area (TPSA) is 57.5 Å². The van der Waals surface area contributed by atoms with Crippen LogP contribution in [0.5, 0.6) is 0 Å². The summed E-state index contributed by atoms with van der Waals surface area (Å²) in [5, 5.41) is 0. The van der Waals surface area contributed by atoms with Gasteiger partial charge in [-0.2, -0.15) is 0 Å². The first-order valence-electron chi connectivity index (χ1n) is 11.4. The third kappa shape index (κ3) is 5.19. The molecule has 2 aromatic rings. The molecule has 30 heavy (non-hydrogen) atoms. The van der Waals surface area contributed by atoms with Gasteiger partial charge < -0.3 is 14.4 Å². The van der Waals surface area contributed by atoms with E-state index in [-0.39, 0.29) is 0 Å². The summed E-state index contributed by atoms with van der Waals surface area (Å²) in [7, 11) is 0. The van der Waals surface area contributed by atoms with Crippen molar-refractivity contribution in [3.8, 4) is 0 Å². The number of amides is 1. The molecule has 1 atom stereocenters. The SMILES string of the molecule is CCn1ccnc1CN1CCCC(CCC(=O)N2CCN(c3ccccn3)CC2)C1. The lowest BCUT2D eigenvalue weighted by atomic mass is 9.93. The number of nitrogens with zero attached hydrogens (tertiary/aromatic N) is 6. The fraction of sp³-hybridized carbons (Fsp3) is 0.609. The Kier molecular flexibility index (Phi) is 7.00. The second kappa shape index (κ2) is 10.1. The van der Waals surface area contributed by atoms with Crippen LogP contribution in [0.1, 0.15) is 38.4 Å². The first-order chi connectivity index (χ1) is 14.7. The van der Waals surface area contributed by atoms with Crippen LogP contribution < -0.4 is 4.90 Å². The number of hydrogen-bond donors (Lipinski definition) is 0. The van der Waals surface area contributed by atoms with Crippen LogP contribution in [-0.2, 0) is 17.9 Å². The first kappa shape index (κ1) is 20.8. The molecule has 7 nitrogen and oxygen atoms in total. The third-order valence-corrected chi connectivity index (χ3v) is 6.48. The summed E-state index contributed by atoms with van der Waals surface area (Å²) < 4.78 is 2.22. The number of hydrogen-bond acceptors (Lipinski definition) is 5. The molecule has 162 valence electrons. The molecular weight excluding hydrogens is 376 g/mol. The highest BCUT2D eigenvalue weighted by molar-refractivity contribution is 5.76. The Bertz CT molecular complexity index is 799. The smallest absolute Gasteiger partial charge is 0.222 e. The molecule has 0 spiro atoms. The van der Waals surface area contributed by atoms with Crippen molar-refractivity contribution < 1.29 is 4.79 Å². The lowest BCUT2D eigenvalue weighted by Gasteiger charge is -2.36. The lowest BCUT2D eigenvalue weighted by molar-refractivity contribution is -0.131. The highest BCUT2D eigenvalue weighted by Gasteiger charge is 2.25. The fourth-order valence-electron chi connectivity index (χ4n) is 4.72. The Morgan fingerprint density at radius 3 is 2.73 bits per heavy atom. The van der Waals surface area contributed by atoms with E-state index in [2.05, 4.69) is 37.5 Å². The molecule has 0 aromatic carbocycles. The third-order valence-electron chi connectivity index (χ3n) is 6.48. The molecule has 4 rings (SSSR count). The Hall–Kier alpha value is -2.41. The maximum absolute atomic E-state index is 12.8. The summed E-state index contributed by atoms with van der Waals surface area (Å²) in [5.74, 6) is 3.09. The molecule has 2 aromatic heterocycles. The largest absolute Gasteiger partial charge is 0.353 e. The van der Waals surface area contributed by atoms with E-state index in [0.29, 0.717) is 18.2 Å². The number of piperidine rings is 1. The molecule has 7 heteroatoms. The van der Waals surface area contributed by atoms with Crippen molar-refractivity contribution in [1.82, 2.24) is 24.3 Å². The molecule has 0 bridgehead atoms. The first-order valence-corrected chi connectivity index (χ1v) is 11.4. The highest BCUT2D eigenvalue weighted by Crippen LogP contribution is 2.23. The van der Waals surface area contributed by atoms with Crippen LogP contribution in [0.3, 0.4) is 0 Å². The van der Waals surface area contributed by atoms with E-state index in [1.807, 2.05) is 35.5 Å². The van der Waals surface area contributed by atoms with Gasteiger partial charge in [-0.15, -0.1) is 0 Å². The van der Waals surface area contributed by atoms with Gasteiger partial charge in [-0.1, -0.05) is 6.07 Å². The number of rotatable bonds is 7. The van der Waals surface area contributed by atoms with Crippen LogP contribution >= 0.6 is 0 Å². The van der Waals surface area contributed by atoms with Gasteiger partial charge in [0, 0.05) is 64.3 Å². The Morgan fingerprint density at radius 2 is 1.97 bits per heavy atom. The summed E-state index contributed by atoms with van der Waals surface area (Å²) in [6, 6.07) is 6.00. The zero-order valence-corrected chi connectivity index (χ0v) is 18.1. The Balaban J connectivity index is 1.20. The second-order valence-electron chi connectivity index (χ2n) is 8.47. The molecule has 4 heterocycles. The molecule has 0 radical (unpaired) electrons. The van der Waals surface area contributed by atoms with Crippen molar-refractivity contribution >= 4 is 11.7 Å². The van der Waals surface area contributed by atoms with Gasteiger partial charge in [0.25, 0.3) is 0 Å². The van der Waals surface area contributed by atoms with Crippen LogP contribution in [0.25, 0.3) is 0 Å². The summed E-state index contributed by atoms with van der Waals surface area (Å²) >= 11 is 0. The number of carbonyl (C=O) groups is 1. The van der Waals surface area contributed by atoms with E-state index in [9.17, 15) is 4.79 Å². The average Bonchev–Trinajstić information content (AvgIpc) is 3.25. The number of aryl methyl sites for hydroxylation is 1.